The molecule has 1 aliphatic heterocycles. The minimum absolute atomic E-state index is 0.0104. The van der Waals surface area contributed by atoms with E-state index in [2.05, 4.69) is 10.1 Å². The van der Waals surface area contributed by atoms with Crippen LogP contribution in [0.4, 0.5) is 0 Å². The number of nitrogens with one attached hydrogen (secondary N) is 1. The number of ether oxygens (including phenoxy) is 1. The molecule has 1 fully saturated rings. The maximum Gasteiger partial charge on any atom is 0.325 e. The highest BCUT2D eigenvalue weighted by molar-refractivity contribution is 5.90. The molecule has 1 N–H and O–H groups in total. The Morgan fingerprint density at radius 1 is 1.47 bits per heavy atom. The molecule has 0 aromatic rings. The second kappa shape index (κ2) is 6.22. The van der Waals surface area contributed by atoms with Crippen LogP contribution < -0.4 is 5.32 Å². The zero-order valence-corrected chi connectivity index (χ0v) is 10.2. The molecule has 2 amide bonds. The van der Waals surface area contributed by atoms with E-state index < -0.39 is 5.97 Å². The van der Waals surface area contributed by atoms with Crippen LogP contribution in [0.25, 0.3) is 0 Å². The van der Waals surface area contributed by atoms with E-state index in [0.29, 0.717) is 19.7 Å². The molecule has 1 saturated heterocycles. The second-order valence-electron chi connectivity index (χ2n) is 3.86. The highest BCUT2D eigenvalue weighted by Gasteiger charge is 2.33. The Kier molecular flexibility index (Phi) is 4.93. The van der Waals surface area contributed by atoms with Gasteiger partial charge in [-0.3, -0.25) is 14.4 Å². The molecular weight excluding hydrogens is 224 g/mol. The first-order chi connectivity index (χ1) is 8.08. The van der Waals surface area contributed by atoms with Crippen LogP contribution in [0.15, 0.2) is 0 Å². The molecule has 1 unspecified atom stereocenters. The molecule has 0 aliphatic carbocycles. The third-order valence-electron chi connectivity index (χ3n) is 2.68. The van der Waals surface area contributed by atoms with Crippen molar-refractivity contribution in [3.05, 3.63) is 0 Å². The first-order valence-electron chi connectivity index (χ1n) is 5.79. The van der Waals surface area contributed by atoms with Gasteiger partial charge >= 0.3 is 5.97 Å². The quantitative estimate of drug-likeness (QED) is 0.662. The summed E-state index contributed by atoms with van der Waals surface area (Å²) in [6, 6.07) is 0. The third-order valence-corrected chi connectivity index (χ3v) is 2.68. The van der Waals surface area contributed by atoms with Gasteiger partial charge in [-0.25, -0.2) is 0 Å². The van der Waals surface area contributed by atoms with Crippen molar-refractivity contribution in [3.8, 4) is 0 Å². The van der Waals surface area contributed by atoms with E-state index >= 15 is 0 Å². The van der Waals surface area contributed by atoms with E-state index in [1.807, 2.05) is 6.92 Å². The molecule has 0 spiro atoms. The van der Waals surface area contributed by atoms with E-state index in [0.717, 1.165) is 0 Å². The van der Waals surface area contributed by atoms with Crippen molar-refractivity contribution in [3.63, 3.8) is 0 Å². The van der Waals surface area contributed by atoms with Gasteiger partial charge in [-0.1, -0.05) is 0 Å². The van der Waals surface area contributed by atoms with Crippen LogP contribution in [0.5, 0.6) is 0 Å². The number of amides is 2. The summed E-state index contributed by atoms with van der Waals surface area (Å²) < 4.78 is 4.69. The Morgan fingerprint density at radius 3 is 2.71 bits per heavy atom. The summed E-state index contributed by atoms with van der Waals surface area (Å²) in [5.41, 5.74) is 0. The second-order valence-corrected chi connectivity index (χ2v) is 3.86. The van der Waals surface area contributed by atoms with Crippen LogP contribution in [0, 0.1) is 5.92 Å². The monoisotopic (exact) mass is 242 g/mol. The minimum atomic E-state index is -0.461. The average Bonchev–Trinajstić information content (AvgIpc) is 2.68. The first-order valence-corrected chi connectivity index (χ1v) is 5.79. The standard InChI is InChI=1S/C11H18N2O4/c1-3-13-7-8(5-9(13)14)11(16)12-6-10(15)17-4-2/h8H,3-7H2,1-2H3,(H,12,16). The molecule has 6 nitrogen and oxygen atoms in total. The fourth-order valence-electron chi connectivity index (χ4n) is 1.77. The van der Waals surface area contributed by atoms with Gasteiger partial charge in [0.05, 0.1) is 12.5 Å². The van der Waals surface area contributed by atoms with E-state index in [9.17, 15) is 14.4 Å². The Labute approximate surface area is 100 Å². The summed E-state index contributed by atoms with van der Waals surface area (Å²) in [5, 5.41) is 2.48. The summed E-state index contributed by atoms with van der Waals surface area (Å²) in [6.45, 7) is 4.78. The van der Waals surface area contributed by atoms with Crippen LogP contribution in [-0.4, -0.2) is 48.9 Å². The molecule has 1 rings (SSSR count). The summed E-state index contributed by atoms with van der Waals surface area (Å²) in [6.07, 6.45) is 0.225. The SMILES string of the molecule is CCOC(=O)CNC(=O)C1CC(=O)N(CC)C1. The summed E-state index contributed by atoms with van der Waals surface area (Å²) >= 11 is 0. The van der Waals surface area contributed by atoms with Gasteiger partial charge < -0.3 is 15.0 Å². The van der Waals surface area contributed by atoms with Crippen molar-refractivity contribution in [2.45, 2.75) is 20.3 Å². The van der Waals surface area contributed by atoms with Gasteiger partial charge in [-0.15, -0.1) is 0 Å². The number of carbonyl (C=O) groups is 3. The molecule has 0 aromatic heterocycles. The predicted octanol–water partition coefficient (Wildman–Crippen LogP) is -0.466. The number of carbonyl (C=O) groups excluding carboxylic acids is 3. The van der Waals surface area contributed by atoms with Gasteiger partial charge in [0.1, 0.15) is 6.54 Å². The molecular formula is C11H18N2O4. The van der Waals surface area contributed by atoms with Crippen molar-refractivity contribution < 1.29 is 19.1 Å². The van der Waals surface area contributed by atoms with Crippen molar-refractivity contribution in [2.24, 2.45) is 5.92 Å². The molecule has 0 aromatic carbocycles. The maximum atomic E-state index is 11.7. The third kappa shape index (κ3) is 3.72. The number of esters is 1. The molecule has 17 heavy (non-hydrogen) atoms. The largest absolute Gasteiger partial charge is 0.465 e. The zero-order chi connectivity index (χ0) is 12.8. The lowest BCUT2D eigenvalue weighted by Crippen LogP contribution is -2.36. The Balaban J connectivity index is 2.34. The van der Waals surface area contributed by atoms with Crippen molar-refractivity contribution in [2.75, 3.05) is 26.2 Å². The van der Waals surface area contributed by atoms with Gasteiger partial charge in [-0.05, 0) is 13.8 Å². The van der Waals surface area contributed by atoms with Crippen molar-refractivity contribution in [1.29, 1.82) is 0 Å². The van der Waals surface area contributed by atoms with Gasteiger partial charge in [0, 0.05) is 19.5 Å². The summed E-state index contributed by atoms with van der Waals surface area (Å²) in [4.78, 5) is 35.7. The van der Waals surface area contributed by atoms with E-state index in [1.54, 1.807) is 11.8 Å². The lowest BCUT2D eigenvalue weighted by molar-refractivity contribution is -0.143. The average molecular weight is 242 g/mol. The zero-order valence-electron chi connectivity index (χ0n) is 10.2. The van der Waals surface area contributed by atoms with Gasteiger partial charge in [0.25, 0.3) is 0 Å². The fourth-order valence-corrected chi connectivity index (χ4v) is 1.77. The highest BCUT2D eigenvalue weighted by Crippen LogP contribution is 2.17. The molecule has 1 heterocycles. The summed E-state index contributed by atoms with van der Waals surface area (Å²) in [5.74, 6) is -1.08. The minimum Gasteiger partial charge on any atom is -0.465 e. The van der Waals surface area contributed by atoms with Crippen LogP contribution >= 0.6 is 0 Å². The molecule has 1 atom stereocenters. The molecule has 0 bridgehead atoms. The first kappa shape index (κ1) is 13.5. The number of nitrogens with zero attached hydrogens (tertiary/aromatic N) is 1. The maximum absolute atomic E-state index is 11.7. The van der Waals surface area contributed by atoms with Crippen LogP contribution in [-0.2, 0) is 19.1 Å². The molecule has 96 valence electrons. The smallest absolute Gasteiger partial charge is 0.325 e. The van der Waals surface area contributed by atoms with Crippen LogP contribution in [0.3, 0.4) is 0 Å². The lowest BCUT2D eigenvalue weighted by atomic mass is 10.1. The number of hydrogen-bond donors (Lipinski definition) is 1. The molecule has 6 heteroatoms. The highest BCUT2D eigenvalue weighted by atomic mass is 16.5. The van der Waals surface area contributed by atoms with E-state index in [-0.39, 0.29) is 30.7 Å². The topological polar surface area (TPSA) is 75.7 Å². The predicted molar refractivity (Wildman–Crippen MR) is 60.0 cm³/mol. The fraction of sp³-hybridized carbons (Fsp3) is 0.727. The summed E-state index contributed by atoms with van der Waals surface area (Å²) in [7, 11) is 0. The van der Waals surface area contributed by atoms with Crippen LogP contribution in [0.2, 0.25) is 0 Å². The molecule has 0 saturated carbocycles. The van der Waals surface area contributed by atoms with Gasteiger partial charge in [0.15, 0.2) is 0 Å². The number of rotatable bonds is 5. The molecule has 0 radical (unpaired) electrons. The number of likely N-dealkylation sites (tertiary alicyclic amines) is 1. The lowest BCUT2D eigenvalue weighted by Gasteiger charge is -2.13. The Hall–Kier alpha value is -1.59. The number of hydrogen-bond acceptors (Lipinski definition) is 4. The Morgan fingerprint density at radius 2 is 2.18 bits per heavy atom. The van der Waals surface area contributed by atoms with E-state index in [1.165, 1.54) is 0 Å². The molecule has 1 aliphatic rings. The Bertz CT molecular complexity index is 317. The normalized spacial score (nSPS) is 19.3. The van der Waals surface area contributed by atoms with E-state index in [4.69, 9.17) is 0 Å². The van der Waals surface area contributed by atoms with Crippen molar-refractivity contribution in [1.82, 2.24) is 10.2 Å². The van der Waals surface area contributed by atoms with Gasteiger partial charge in [-0.2, -0.15) is 0 Å². The van der Waals surface area contributed by atoms with Crippen molar-refractivity contribution >= 4 is 17.8 Å². The van der Waals surface area contributed by atoms with Crippen LogP contribution in [0.1, 0.15) is 20.3 Å². The van der Waals surface area contributed by atoms with Gasteiger partial charge in [0.2, 0.25) is 11.8 Å².